The van der Waals surface area contributed by atoms with Crippen molar-refractivity contribution >= 4 is 17.6 Å². The van der Waals surface area contributed by atoms with Crippen LogP contribution in [0.25, 0.3) is 10.4 Å². The van der Waals surface area contributed by atoms with E-state index >= 15 is 0 Å². The fourth-order valence-electron chi connectivity index (χ4n) is 1.18. The van der Waals surface area contributed by atoms with Crippen LogP contribution in [-0.2, 0) is 4.74 Å². The van der Waals surface area contributed by atoms with Crippen LogP contribution in [0.15, 0.2) is 23.3 Å². The first-order valence-corrected chi connectivity index (χ1v) is 4.18. The lowest BCUT2D eigenvalue weighted by Crippen LogP contribution is -2.11. The number of rotatable bonds is 2. The number of ether oxygens (including phenoxy) is 1. The zero-order valence-corrected chi connectivity index (χ0v) is 8.38. The zero-order chi connectivity index (χ0) is 12.1. The lowest BCUT2D eigenvalue weighted by molar-refractivity contribution is 0.0597. The van der Waals surface area contributed by atoms with Gasteiger partial charge in [-0.3, -0.25) is 4.79 Å². The number of azide groups is 1. The molecule has 0 saturated carbocycles. The van der Waals surface area contributed by atoms with E-state index < -0.39 is 11.9 Å². The average molecular weight is 220 g/mol. The Kier molecular flexibility index (Phi) is 3.47. The van der Waals surface area contributed by atoms with Gasteiger partial charge < -0.3 is 10.5 Å². The number of methoxy groups -OCH3 is 1. The van der Waals surface area contributed by atoms with Crippen LogP contribution in [0.1, 0.15) is 20.7 Å². The minimum absolute atomic E-state index is 0.0279. The quantitative estimate of drug-likeness (QED) is 0.267. The number of nitrogen functional groups attached to an aromatic ring is 1. The van der Waals surface area contributed by atoms with Crippen molar-refractivity contribution < 1.29 is 14.3 Å². The van der Waals surface area contributed by atoms with Gasteiger partial charge in [-0.1, -0.05) is 6.07 Å². The largest absolute Gasteiger partial charge is 0.465 e. The van der Waals surface area contributed by atoms with Gasteiger partial charge in [-0.15, -0.1) is 0 Å². The third-order valence-corrected chi connectivity index (χ3v) is 1.85. The second kappa shape index (κ2) is 4.81. The predicted molar refractivity (Wildman–Crippen MR) is 55.7 cm³/mol. The number of nitrogens with two attached hydrogens (primary N) is 1. The van der Waals surface area contributed by atoms with Crippen molar-refractivity contribution in [1.29, 1.82) is 0 Å². The average Bonchev–Trinajstić information content (AvgIpc) is 2.27. The molecule has 0 saturated heterocycles. The molecule has 1 aromatic carbocycles. The summed E-state index contributed by atoms with van der Waals surface area (Å²) in [6.07, 6.45) is 0. The van der Waals surface area contributed by atoms with Crippen molar-refractivity contribution in [2.75, 3.05) is 12.8 Å². The number of hydrogen-bond acceptors (Lipinski definition) is 4. The number of esters is 1. The van der Waals surface area contributed by atoms with E-state index in [1.165, 1.54) is 25.3 Å². The van der Waals surface area contributed by atoms with E-state index in [1.807, 2.05) is 0 Å². The van der Waals surface area contributed by atoms with E-state index in [1.54, 1.807) is 0 Å². The van der Waals surface area contributed by atoms with Crippen molar-refractivity contribution in [3.63, 3.8) is 0 Å². The number of carbonyl (C=O) groups is 2. The summed E-state index contributed by atoms with van der Waals surface area (Å²) in [5.74, 6) is -1.63. The Bertz CT molecular complexity index is 492. The van der Waals surface area contributed by atoms with E-state index in [0.29, 0.717) is 0 Å². The first-order valence-electron chi connectivity index (χ1n) is 4.18. The molecule has 1 rings (SSSR count). The van der Waals surface area contributed by atoms with Crippen LogP contribution >= 0.6 is 0 Å². The highest BCUT2D eigenvalue weighted by Gasteiger charge is 2.19. The predicted octanol–water partition coefficient (Wildman–Crippen LogP) is 1.51. The first kappa shape index (κ1) is 11.5. The fraction of sp³-hybridized carbons (Fsp3) is 0.111. The van der Waals surface area contributed by atoms with Gasteiger partial charge in [0.05, 0.1) is 18.2 Å². The molecule has 1 amide bonds. The molecule has 0 atom stereocenters. The topological polar surface area (TPSA) is 118 Å². The summed E-state index contributed by atoms with van der Waals surface area (Å²) in [7, 11) is 1.17. The van der Waals surface area contributed by atoms with Crippen LogP contribution in [0.5, 0.6) is 0 Å². The van der Waals surface area contributed by atoms with Gasteiger partial charge in [0.1, 0.15) is 0 Å². The summed E-state index contributed by atoms with van der Waals surface area (Å²) in [6.45, 7) is 0. The molecule has 2 N–H and O–H groups in total. The zero-order valence-electron chi connectivity index (χ0n) is 8.38. The molecule has 0 aliphatic heterocycles. The number of benzene rings is 1. The van der Waals surface area contributed by atoms with Crippen LogP contribution in [0.3, 0.4) is 0 Å². The number of hydrogen-bond donors (Lipinski definition) is 1. The number of amides is 1. The Morgan fingerprint density at radius 3 is 2.75 bits per heavy atom. The number of carbonyl (C=O) groups excluding carboxylic acids is 2. The molecular formula is C9H8N4O3. The van der Waals surface area contributed by atoms with Crippen molar-refractivity contribution in [2.45, 2.75) is 0 Å². The molecule has 0 heterocycles. The minimum Gasteiger partial charge on any atom is -0.465 e. The van der Waals surface area contributed by atoms with E-state index in [0.717, 1.165) is 0 Å². The van der Waals surface area contributed by atoms with Crippen molar-refractivity contribution in [3.05, 3.63) is 39.8 Å². The molecule has 0 radical (unpaired) electrons. The van der Waals surface area contributed by atoms with Crippen LogP contribution < -0.4 is 5.73 Å². The Morgan fingerprint density at radius 2 is 2.19 bits per heavy atom. The lowest BCUT2D eigenvalue weighted by atomic mass is 10.1. The molecule has 0 unspecified atom stereocenters. The molecule has 82 valence electrons. The number of anilines is 1. The standard InChI is InChI=1S/C9H8N4O3/c1-16-9(15)5-3-2-4-6(10)7(5)8(14)12-13-11/h2-4H,10H2,1H3. The van der Waals surface area contributed by atoms with Gasteiger partial charge in [-0.05, 0) is 22.8 Å². The van der Waals surface area contributed by atoms with Crippen molar-refractivity contribution in [3.8, 4) is 0 Å². The summed E-state index contributed by atoms with van der Waals surface area (Å²) in [6, 6.07) is 4.28. The second-order valence-electron chi connectivity index (χ2n) is 2.76. The molecule has 0 bridgehead atoms. The van der Waals surface area contributed by atoms with Gasteiger partial charge in [0.2, 0.25) is 0 Å². The summed E-state index contributed by atoms with van der Waals surface area (Å²) in [5.41, 5.74) is 13.6. The fourth-order valence-corrected chi connectivity index (χ4v) is 1.18. The number of nitrogens with zero attached hydrogens (tertiary/aromatic N) is 3. The third kappa shape index (κ3) is 2.10. The lowest BCUT2D eigenvalue weighted by Gasteiger charge is -2.06. The molecule has 1 aromatic rings. The maximum atomic E-state index is 11.4. The Labute approximate surface area is 90.4 Å². The van der Waals surface area contributed by atoms with Crippen molar-refractivity contribution in [1.82, 2.24) is 0 Å². The SMILES string of the molecule is COC(=O)c1cccc(N)c1C(=O)N=[N+]=[N-]. The molecule has 0 fully saturated rings. The van der Waals surface area contributed by atoms with Gasteiger partial charge in [0.15, 0.2) is 0 Å². The first-order chi connectivity index (χ1) is 7.61. The molecular weight excluding hydrogens is 212 g/mol. The van der Waals surface area contributed by atoms with Gasteiger partial charge >= 0.3 is 5.97 Å². The van der Waals surface area contributed by atoms with Crippen LogP contribution in [0.2, 0.25) is 0 Å². The van der Waals surface area contributed by atoms with Crippen molar-refractivity contribution in [2.24, 2.45) is 5.11 Å². The summed E-state index contributed by atoms with van der Waals surface area (Å²) < 4.78 is 4.48. The Balaban J connectivity index is 3.40. The maximum absolute atomic E-state index is 11.4. The maximum Gasteiger partial charge on any atom is 0.338 e. The normalized spacial score (nSPS) is 9.06. The van der Waals surface area contributed by atoms with Gasteiger partial charge in [-0.2, -0.15) is 0 Å². The summed E-state index contributed by atoms with van der Waals surface area (Å²) in [4.78, 5) is 25.1. The van der Waals surface area contributed by atoms with E-state index in [2.05, 4.69) is 14.8 Å². The van der Waals surface area contributed by atoms with Crippen LogP contribution in [0, 0.1) is 0 Å². The monoisotopic (exact) mass is 220 g/mol. The van der Waals surface area contributed by atoms with Crippen LogP contribution in [-0.4, -0.2) is 19.0 Å². The Hall–Kier alpha value is -2.53. The van der Waals surface area contributed by atoms with Crippen LogP contribution in [0.4, 0.5) is 5.69 Å². The highest BCUT2D eigenvalue weighted by atomic mass is 16.5. The molecule has 0 spiro atoms. The molecule has 0 aromatic heterocycles. The third-order valence-electron chi connectivity index (χ3n) is 1.85. The summed E-state index contributed by atoms with van der Waals surface area (Å²) >= 11 is 0. The molecule has 0 aliphatic carbocycles. The van der Waals surface area contributed by atoms with Gasteiger partial charge in [-0.25, -0.2) is 4.79 Å². The second-order valence-corrected chi connectivity index (χ2v) is 2.76. The molecule has 16 heavy (non-hydrogen) atoms. The molecule has 7 nitrogen and oxygen atoms in total. The summed E-state index contributed by atoms with van der Waals surface area (Å²) in [5, 5.41) is 2.89. The molecule has 7 heteroatoms. The van der Waals surface area contributed by atoms with E-state index in [9.17, 15) is 9.59 Å². The van der Waals surface area contributed by atoms with Gasteiger partial charge in [0.25, 0.3) is 5.91 Å². The highest BCUT2D eigenvalue weighted by molar-refractivity contribution is 6.09. The van der Waals surface area contributed by atoms with Gasteiger partial charge in [0, 0.05) is 10.6 Å². The van der Waals surface area contributed by atoms with E-state index in [4.69, 9.17) is 11.3 Å². The Morgan fingerprint density at radius 1 is 1.50 bits per heavy atom. The minimum atomic E-state index is -0.916. The smallest absolute Gasteiger partial charge is 0.338 e. The molecule has 0 aliphatic rings. The van der Waals surface area contributed by atoms with E-state index in [-0.39, 0.29) is 16.8 Å². The highest BCUT2D eigenvalue weighted by Crippen LogP contribution is 2.19.